The molecule has 3 aromatic carbocycles. The summed E-state index contributed by atoms with van der Waals surface area (Å²) in [6.07, 6.45) is 5.79. The molecule has 0 spiro atoms. The first-order chi connectivity index (χ1) is 17.6. The fourth-order valence-electron chi connectivity index (χ4n) is 5.72. The number of nitrogens with zero attached hydrogens (tertiary/aromatic N) is 2. The highest BCUT2D eigenvalue weighted by Gasteiger charge is 2.31. The molecule has 5 rings (SSSR count). The first kappa shape index (κ1) is 27.0. The zero-order valence-corrected chi connectivity index (χ0v) is 22.7. The van der Waals surface area contributed by atoms with Crippen LogP contribution in [-0.4, -0.2) is 42.1 Å². The van der Waals surface area contributed by atoms with E-state index >= 15 is 0 Å². The summed E-state index contributed by atoms with van der Waals surface area (Å²) in [6, 6.07) is 30.0. The Balaban J connectivity index is 0.00000320. The molecule has 4 aromatic rings. The van der Waals surface area contributed by atoms with Gasteiger partial charge in [-0.05, 0) is 44.1 Å². The topological polar surface area (TPSA) is 37.3 Å². The van der Waals surface area contributed by atoms with Gasteiger partial charge in [0.25, 0.3) is 5.91 Å². The van der Waals surface area contributed by atoms with Crippen LogP contribution in [0.2, 0.25) is 0 Å². The highest BCUT2D eigenvalue weighted by Crippen LogP contribution is 2.40. The molecule has 1 fully saturated rings. The minimum Gasteiger partial charge on any atom is -0.348 e. The molecule has 0 radical (unpaired) electrons. The van der Waals surface area contributed by atoms with Gasteiger partial charge in [-0.2, -0.15) is 0 Å². The van der Waals surface area contributed by atoms with Crippen molar-refractivity contribution in [2.75, 3.05) is 20.6 Å². The number of likely N-dealkylation sites (N-methyl/N-ethyl adjacent to an activating group) is 1. The Kier molecular flexibility index (Phi) is 9.07. The fraction of sp³-hybridized carbons (Fsp3) is 0.344. The molecule has 1 saturated carbocycles. The number of nitrogens with one attached hydrogen (secondary N) is 1. The molecule has 0 unspecified atom stereocenters. The van der Waals surface area contributed by atoms with Gasteiger partial charge in [-0.3, -0.25) is 4.79 Å². The van der Waals surface area contributed by atoms with Crippen LogP contribution in [0.4, 0.5) is 0 Å². The Morgan fingerprint density at radius 3 is 2.03 bits per heavy atom. The number of aromatic nitrogens is 1. The zero-order valence-electron chi connectivity index (χ0n) is 21.9. The van der Waals surface area contributed by atoms with E-state index in [1.807, 2.05) is 0 Å². The Bertz CT molecular complexity index is 1250. The third-order valence-electron chi connectivity index (χ3n) is 7.49. The molecule has 194 valence electrons. The van der Waals surface area contributed by atoms with Crippen LogP contribution in [0.3, 0.4) is 0 Å². The monoisotopic (exact) mass is 515 g/mol. The van der Waals surface area contributed by atoms with Crippen molar-refractivity contribution in [1.29, 1.82) is 0 Å². The molecule has 0 saturated heterocycles. The quantitative estimate of drug-likeness (QED) is 0.278. The molecule has 37 heavy (non-hydrogen) atoms. The van der Waals surface area contributed by atoms with Crippen molar-refractivity contribution < 1.29 is 4.79 Å². The van der Waals surface area contributed by atoms with E-state index < -0.39 is 0 Å². The van der Waals surface area contributed by atoms with Crippen molar-refractivity contribution in [2.45, 2.75) is 50.6 Å². The van der Waals surface area contributed by atoms with Gasteiger partial charge in [0, 0.05) is 41.5 Å². The lowest BCUT2D eigenvalue weighted by Gasteiger charge is -2.25. The first-order valence-electron chi connectivity index (χ1n) is 13.3. The number of hydrogen-bond donors (Lipinski definition) is 1. The lowest BCUT2D eigenvalue weighted by molar-refractivity contribution is 0.0917. The normalized spacial score (nSPS) is 14.2. The van der Waals surface area contributed by atoms with E-state index in [0.717, 1.165) is 48.1 Å². The Hall–Kier alpha value is -3.08. The Labute approximate surface area is 227 Å². The second kappa shape index (κ2) is 12.4. The highest BCUT2D eigenvalue weighted by atomic mass is 35.5. The number of hydrogen-bond acceptors (Lipinski definition) is 2. The van der Waals surface area contributed by atoms with Gasteiger partial charge in [0.2, 0.25) is 0 Å². The van der Waals surface area contributed by atoms with Gasteiger partial charge < -0.3 is 14.8 Å². The molecule has 1 aliphatic rings. The van der Waals surface area contributed by atoms with Crippen molar-refractivity contribution >= 4 is 29.2 Å². The summed E-state index contributed by atoms with van der Waals surface area (Å²) in [5.74, 6) is 0.0220. The molecular formula is C32H38ClN3O. The molecule has 0 bridgehead atoms. The second-order valence-electron chi connectivity index (χ2n) is 10.3. The molecular weight excluding hydrogens is 478 g/mol. The van der Waals surface area contributed by atoms with E-state index in [1.54, 1.807) is 0 Å². The summed E-state index contributed by atoms with van der Waals surface area (Å²) in [7, 11) is 4.18. The standard InChI is InChI=1S/C32H37N3O.ClH/c1-34(2)22-23-35-28-21-13-12-20-27(28)30(31(35)32(36)33-26-18-10-5-11-19-26)29(24-14-6-3-7-15-24)25-16-8-4-9-17-25;/h3-4,6-9,12-17,20-21,26,29H,5,10-11,18-19,22-23H2,1-2H3,(H,33,36);1H. The van der Waals surface area contributed by atoms with Gasteiger partial charge in [0.15, 0.2) is 0 Å². The molecule has 4 nitrogen and oxygen atoms in total. The fourth-order valence-corrected chi connectivity index (χ4v) is 5.72. The van der Waals surface area contributed by atoms with E-state index in [0.29, 0.717) is 0 Å². The van der Waals surface area contributed by atoms with E-state index in [9.17, 15) is 4.79 Å². The molecule has 1 heterocycles. The minimum absolute atomic E-state index is 0. The number of fused-ring (bicyclic) bond motifs is 1. The summed E-state index contributed by atoms with van der Waals surface area (Å²) in [5.41, 5.74) is 5.44. The molecule has 5 heteroatoms. The van der Waals surface area contributed by atoms with Crippen molar-refractivity contribution in [3.05, 3.63) is 107 Å². The maximum Gasteiger partial charge on any atom is 0.268 e. The number of benzene rings is 3. The lowest BCUT2D eigenvalue weighted by Crippen LogP contribution is -2.38. The Morgan fingerprint density at radius 1 is 0.865 bits per heavy atom. The van der Waals surface area contributed by atoms with Crippen LogP contribution in [0, 0.1) is 0 Å². The van der Waals surface area contributed by atoms with Crippen molar-refractivity contribution in [2.24, 2.45) is 0 Å². The van der Waals surface area contributed by atoms with Gasteiger partial charge >= 0.3 is 0 Å². The van der Waals surface area contributed by atoms with Gasteiger partial charge in [-0.15, -0.1) is 12.4 Å². The number of para-hydroxylation sites is 1. The average molecular weight is 516 g/mol. The maximum atomic E-state index is 14.2. The second-order valence-corrected chi connectivity index (χ2v) is 10.3. The van der Waals surface area contributed by atoms with Crippen molar-refractivity contribution in [3.63, 3.8) is 0 Å². The number of halogens is 1. The van der Waals surface area contributed by atoms with E-state index in [-0.39, 0.29) is 30.3 Å². The summed E-state index contributed by atoms with van der Waals surface area (Å²) in [5, 5.41) is 4.60. The molecule has 1 aliphatic carbocycles. The van der Waals surface area contributed by atoms with Crippen LogP contribution in [-0.2, 0) is 6.54 Å². The van der Waals surface area contributed by atoms with Crippen LogP contribution in [0.25, 0.3) is 10.9 Å². The zero-order chi connectivity index (χ0) is 24.9. The van der Waals surface area contributed by atoms with E-state index in [1.165, 1.54) is 30.4 Å². The lowest BCUT2D eigenvalue weighted by atomic mass is 9.83. The summed E-state index contributed by atoms with van der Waals surface area (Å²) >= 11 is 0. The molecule has 0 atom stereocenters. The maximum absolute atomic E-state index is 14.2. The largest absolute Gasteiger partial charge is 0.348 e. The predicted molar refractivity (Wildman–Crippen MR) is 156 cm³/mol. The van der Waals surface area contributed by atoms with E-state index in [4.69, 9.17) is 0 Å². The van der Waals surface area contributed by atoms with Crippen LogP contribution < -0.4 is 5.32 Å². The Morgan fingerprint density at radius 2 is 1.43 bits per heavy atom. The van der Waals surface area contributed by atoms with Crippen molar-refractivity contribution in [1.82, 2.24) is 14.8 Å². The highest BCUT2D eigenvalue weighted by molar-refractivity contribution is 6.03. The molecule has 1 amide bonds. The number of amides is 1. The third kappa shape index (κ3) is 5.92. The van der Waals surface area contributed by atoms with Gasteiger partial charge in [0.1, 0.15) is 5.69 Å². The number of carbonyl (C=O) groups excluding carboxylic acids is 1. The minimum atomic E-state index is -0.0370. The summed E-state index contributed by atoms with van der Waals surface area (Å²) in [6.45, 7) is 1.63. The third-order valence-corrected chi connectivity index (χ3v) is 7.49. The van der Waals surface area contributed by atoms with Gasteiger partial charge in [-0.25, -0.2) is 0 Å². The van der Waals surface area contributed by atoms with Gasteiger partial charge in [-0.1, -0.05) is 98.1 Å². The first-order valence-corrected chi connectivity index (χ1v) is 13.3. The number of rotatable bonds is 8. The molecule has 1 aromatic heterocycles. The van der Waals surface area contributed by atoms with E-state index in [2.05, 4.69) is 114 Å². The summed E-state index contributed by atoms with van der Waals surface area (Å²) < 4.78 is 2.27. The van der Waals surface area contributed by atoms with Crippen LogP contribution in [0.5, 0.6) is 0 Å². The molecule has 0 aliphatic heterocycles. The van der Waals surface area contributed by atoms with Crippen LogP contribution in [0.15, 0.2) is 84.9 Å². The SMILES string of the molecule is CN(C)CCn1c(C(=O)NC2CCCCC2)c(C(c2ccccc2)c2ccccc2)c2ccccc21.Cl. The predicted octanol–water partition coefficient (Wildman–Crippen LogP) is 6.87. The van der Waals surface area contributed by atoms with Crippen LogP contribution in [0.1, 0.15) is 65.2 Å². The summed E-state index contributed by atoms with van der Waals surface area (Å²) in [4.78, 5) is 16.4. The smallest absolute Gasteiger partial charge is 0.268 e. The van der Waals surface area contributed by atoms with Crippen LogP contribution >= 0.6 is 12.4 Å². The molecule has 1 N–H and O–H groups in total. The van der Waals surface area contributed by atoms with Crippen molar-refractivity contribution in [3.8, 4) is 0 Å². The van der Waals surface area contributed by atoms with Gasteiger partial charge in [0.05, 0.1) is 0 Å². The number of carbonyl (C=O) groups is 1. The average Bonchev–Trinajstić information content (AvgIpc) is 3.23.